The van der Waals surface area contributed by atoms with Gasteiger partial charge in [0.15, 0.2) is 5.78 Å². The van der Waals surface area contributed by atoms with Gasteiger partial charge in [0, 0.05) is 11.6 Å². The molecule has 2 heteroatoms. The highest BCUT2D eigenvalue weighted by Gasteiger charge is 2.23. The van der Waals surface area contributed by atoms with Crippen molar-refractivity contribution in [1.82, 2.24) is 4.90 Å². The van der Waals surface area contributed by atoms with Crippen molar-refractivity contribution in [3.63, 3.8) is 0 Å². The topological polar surface area (TPSA) is 20.3 Å². The van der Waals surface area contributed by atoms with Crippen molar-refractivity contribution in [3.05, 3.63) is 35.4 Å². The van der Waals surface area contributed by atoms with Gasteiger partial charge in [-0.05, 0) is 50.1 Å². The van der Waals surface area contributed by atoms with E-state index in [9.17, 15) is 4.79 Å². The third-order valence-corrected chi connectivity index (χ3v) is 4.90. The number of hydrogen-bond donors (Lipinski definition) is 0. The average molecular weight is 287 g/mol. The molecular weight excluding hydrogens is 258 g/mol. The van der Waals surface area contributed by atoms with Crippen molar-refractivity contribution < 1.29 is 4.79 Å². The molecule has 1 fully saturated rings. The van der Waals surface area contributed by atoms with Gasteiger partial charge >= 0.3 is 0 Å². The lowest BCUT2D eigenvalue weighted by Crippen LogP contribution is -2.38. The number of carbonyl (C=O) groups is 1. The van der Waals surface area contributed by atoms with E-state index in [4.69, 9.17) is 0 Å². The normalized spacial score (nSPS) is 22.8. The Morgan fingerprint density at radius 2 is 1.71 bits per heavy atom. The van der Waals surface area contributed by atoms with Crippen LogP contribution in [0.2, 0.25) is 0 Å². The largest absolute Gasteiger partial charge is 0.296 e. The highest BCUT2D eigenvalue weighted by Crippen LogP contribution is 2.26. The zero-order valence-corrected chi connectivity index (χ0v) is 13.9. The fraction of sp³-hybridized carbons (Fsp3) is 0.632. The Bertz CT molecular complexity index is 455. The van der Waals surface area contributed by atoms with E-state index in [1.54, 1.807) is 0 Å². The first-order chi connectivity index (χ1) is 9.97. The van der Waals surface area contributed by atoms with Crippen LogP contribution in [0, 0.1) is 5.92 Å². The van der Waals surface area contributed by atoms with Crippen molar-refractivity contribution in [1.29, 1.82) is 0 Å². The molecule has 0 heterocycles. The lowest BCUT2D eigenvalue weighted by Gasteiger charge is -2.33. The van der Waals surface area contributed by atoms with Crippen LogP contribution in [0.25, 0.3) is 0 Å². The fourth-order valence-corrected chi connectivity index (χ4v) is 3.18. The summed E-state index contributed by atoms with van der Waals surface area (Å²) < 4.78 is 0. The van der Waals surface area contributed by atoms with E-state index in [1.165, 1.54) is 31.2 Å². The molecule has 0 N–H and O–H groups in total. The van der Waals surface area contributed by atoms with Crippen LogP contribution in [0.15, 0.2) is 24.3 Å². The van der Waals surface area contributed by atoms with E-state index in [-0.39, 0.29) is 5.78 Å². The summed E-state index contributed by atoms with van der Waals surface area (Å²) in [6.45, 7) is 7.22. The van der Waals surface area contributed by atoms with E-state index >= 15 is 0 Å². The smallest absolute Gasteiger partial charge is 0.176 e. The molecule has 0 aliphatic heterocycles. The van der Waals surface area contributed by atoms with Crippen LogP contribution >= 0.6 is 0 Å². The summed E-state index contributed by atoms with van der Waals surface area (Å²) in [5.74, 6) is 1.61. The molecule has 0 atom stereocenters. The van der Waals surface area contributed by atoms with Crippen molar-refractivity contribution in [3.8, 4) is 0 Å². The van der Waals surface area contributed by atoms with Gasteiger partial charge in [-0.3, -0.25) is 9.69 Å². The van der Waals surface area contributed by atoms with Crippen LogP contribution in [0.1, 0.15) is 68.3 Å². The molecule has 116 valence electrons. The molecule has 21 heavy (non-hydrogen) atoms. The third-order valence-electron chi connectivity index (χ3n) is 4.90. The minimum absolute atomic E-state index is 0.242. The zero-order valence-electron chi connectivity index (χ0n) is 13.9. The molecule has 0 spiro atoms. The van der Waals surface area contributed by atoms with Crippen molar-refractivity contribution in [2.45, 2.75) is 58.4 Å². The minimum Gasteiger partial charge on any atom is -0.296 e. The Morgan fingerprint density at radius 3 is 2.24 bits per heavy atom. The monoisotopic (exact) mass is 287 g/mol. The second-order valence-electron chi connectivity index (χ2n) is 7.03. The van der Waals surface area contributed by atoms with Crippen molar-refractivity contribution >= 4 is 5.78 Å². The van der Waals surface area contributed by atoms with Gasteiger partial charge in [-0.1, -0.05) is 45.0 Å². The lowest BCUT2D eigenvalue weighted by atomic mass is 9.86. The number of benzene rings is 1. The van der Waals surface area contributed by atoms with Crippen LogP contribution in [0.4, 0.5) is 0 Å². The Morgan fingerprint density at radius 1 is 1.14 bits per heavy atom. The molecule has 0 radical (unpaired) electrons. The molecule has 1 aliphatic carbocycles. The number of hydrogen-bond acceptors (Lipinski definition) is 2. The van der Waals surface area contributed by atoms with Gasteiger partial charge in [-0.15, -0.1) is 0 Å². The van der Waals surface area contributed by atoms with Gasteiger partial charge in [0.25, 0.3) is 0 Å². The first-order valence-electron chi connectivity index (χ1n) is 8.30. The second kappa shape index (κ2) is 7.22. The third kappa shape index (κ3) is 4.41. The number of likely N-dealkylation sites (N-methyl/N-ethyl adjacent to an activating group) is 1. The number of carbonyl (C=O) groups excluding carboxylic acids is 1. The van der Waals surface area contributed by atoms with Crippen LogP contribution in [-0.4, -0.2) is 30.3 Å². The maximum Gasteiger partial charge on any atom is 0.176 e. The molecule has 0 aromatic heterocycles. The fourth-order valence-electron chi connectivity index (χ4n) is 3.18. The first-order valence-corrected chi connectivity index (χ1v) is 8.30. The quantitative estimate of drug-likeness (QED) is 0.743. The standard InChI is InChI=1S/C19H29NO/c1-14(2)16-7-9-17(10-8-16)19(21)13-20(4)18-11-5-15(3)6-12-18/h7-10,14-15,18H,5-6,11-13H2,1-4H3. The number of nitrogens with zero attached hydrogens (tertiary/aromatic N) is 1. The van der Waals surface area contributed by atoms with E-state index in [2.05, 4.69) is 44.9 Å². The second-order valence-corrected chi connectivity index (χ2v) is 7.03. The molecule has 0 bridgehead atoms. The Hall–Kier alpha value is -1.15. The van der Waals surface area contributed by atoms with E-state index in [1.807, 2.05) is 12.1 Å². The molecule has 2 rings (SSSR count). The van der Waals surface area contributed by atoms with Gasteiger partial charge in [0.1, 0.15) is 0 Å². The molecule has 0 amide bonds. The van der Waals surface area contributed by atoms with E-state index in [0.717, 1.165) is 11.5 Å². The van der Waals surface area contributed by atoms with E-state index in [0.29, 0.717) is 18.5 Å². The summed E-state index contributed by atoms with van der Waals surface area (Å²) in [6.07, 6.45) is 5.06. The maximum atomic E-state index is 12.4. The molecular formula is C19H29NO. The number of rotatable bonds is 5. The van der Waals surface area contributed by atoms with Crippen LogP contribution in [0.3, 0.4) is 0 Å². The highest BCUT2D eigenvalue weighted by molar-refractivity contribution is 5.97. The summed E-state index contributed by atoms with van der Waals surface area (Å²) in [6, 6.07) is 8.71. The molecule has 1 saturated carbocycles. The predicted octanol–water partition coefficient (Wildman–Crippen LogP) is 4.50. The first kappa shape index (κ1) is 16.2. The van der Waals surface area contributed by atoms with Crippen LogP contribution in [-0.2, 0) is 0 Å². The van der Waals surface area contributed by atoms with Crippen molar-refractivity contribution in [2.75, 3.05) is 13.6 Å². The zero-order chi connectivity index (χ0) is 15.4. The summed E-state index contributed by atoms with van der Waals surface area (Å²) in [7, 11) is 2.10. The Kier molecular flexibility index (Phi) is 5.58. The van der Waals surface area contributed by atoms with Gasteiger partial charge in [-0.2, -0.15) is 0 Å². The average Bonchev–Trinajstić information content (AvgIpc) is 2.47. The molecule has 1 aromatic rings. The summed E-state index contributed by atoms with van der Waals surface area (Å²) >= 11 is 0. The van der Waals surface area contributed by atoms with E-state index < -0.39 is 0 Å². The molecule has 0 unspecified atom stereocenters. The molecule has 0 saturated heterocycles. The summed E-state index contributed by atoms with van der Waals surface area (Å²) in [5.41, 5.74) is 2.14. The Balaban J connectivity index is 1.91. The maximum absolute atomic E-state index is 12.4. The van der Waals surface area contributed by atoms with Crippen molar-refractivity contribution in [2.24, 2.45) is 5.92 Å². The number of Topliss-reactive ketones (excluding diaryl/α,β-unsaturated/α-hetero) is 1. The minimum atomic E-state index is 0.242. The van der Waals surface area contributed by atoms with Crippen LogP contribution in [0.5, 0.6) is 0 Å². The summed E-state index contributed by atoms with van der Waals surface area (Å²) in [5, 5.41) is 0. The van der Waals surface area contributed by atoms with Gasteiger partial charge < -0.3 is 0 Å². The molecule has 1 aliphatic rings. The van der Waals surface area contributed by atoms with Crippen LogP contribution < -0.4 is 0 Å². The number of ketones is 1. The van der Waals surface area contributed by atoms with Gasteiger partial charge in [-0.25, -0.2) is 0 Å². The Labute approximate surface area is 129 Å². The van der Waals surface area contributed by atoms with Gasteiger partial charge in [0.2, 0.25) is 0 Å². The SMILES string of the molecule is CC1CCC(N(C)CC(=O)c2ccc(C(C)C)cc2)CC1. The summed E-state index contributed by atoms with van der Waals surface area (Å²) in [4.78, 5) is 14.7. The molecule has 2 nitrogen and oxygen atoms in total. The highest BCUT2D eigenvalue weighted by atomic mass is 16.1. The van der Waals surface area contributed by atoms with Gasteiger partial charge in [0.05, 0.1) is 6.54 Å². The molecule has 1 aromatic carbocycles. The lowest BCUT2D eigenvalue weighted by molar-refractivity contribution is 0.0889. The predicted molar refractivity (Wildman–Crippen MR) is 88.9 cm³/mol.